The van der Waals surface area contributed by atoms with Crippen LogP contribution in [0.3, 0.4) is 0 Å². The van der Waals surface area contributed by atoms with Crippen molar-refractivity contribution in [1.82, 2.24) is 15.5 Å². The fourth-order valence-electron chi connectivity index (χ4n) is 3.79. The van der Waals surface area contributed by atoms with E-state index in [4.69, 9.17) is 4.74 Å². The second kappa shape index (κ2) is 12.7. The molecule has 1 aliphatic rings. The lowest BCUT2D eigenvalue weighted by atomic mass is 10.0. The van der Waals surface area contributed by atoms with Crippen LogP contribution in [0.15, 0.2) is 48.5 Å². The Bertz CT molecular complexity index is 980. The smallest absolute Gasteiger partial charge is 0.319 e. The predicted molar refractivity (Wildman–Crippen MR) is 132 cm³/mol. The van der Waals surface area contributed by atoms with Crippen LogP contribution in [0.4, 0.5) is 10.5 Å². The third-order valence-corrected chi connectivity index (χ3v) is 5.86. The van der Waals surface area contributed by atoms with E-state index in [1.54, 1.807) is 4.90 Å². The van der Waals surface area contributed by atoms with Gasteiger partial charge in [0.25, 0.3) is 0 Å². The van der Waals surface area contributed by atoms with Crippen LogP contribution in [0, 0.1) is 13.8 Å². The molecule has 8 nitrogen and oxygen atoms in total. The molecule has 0 radical (unpaired) electrons. The summed E-state index contributed by atoms with van der Waals surface area (Å²) in [6.45, 7) is 6.15. The van der Waals surface area contributed by atoms with Gasteiger partial charge in [-0.2, -0.15) is 0 Å². The largest absolute Gasteiger partial charge is 0.380 e. The molecule has 0 unspecified atom stereocenters. The lowest BCUT2D eigenvalue weighted by molar-refractivity contribution is -0.133. The molecule has 182 valence electrons. The normalized spacial score (nSPS) is 16.1. The van der Waals surface area contributed by atoms with Gasteiger partial charge in [0.2, 0.25) is 11.8 Å². The molecule has 0 spiro atoms. The van der Waals surface area contributed by atoms with Crippen molar-refractivity contribution in [3.05, 3.63) is 65.2 Å². The Hall–Kier alpha value is -3.39. The molecule has 1 heterocycles. The first kappa shape index (κ1) is 25.2. The zero-order valence-electron chi connectivity index (χ0n) is 19.9. The number of anilines is 1. The lowest BCUT2D eigenvalue weighted by Gasteiger charge is -2.28. The minimum atomic E-state index is -0.775. The minimum Gasteiger partial charge on any atom is -0.380 e. The van der Waals surface area contributed by atoms with Crippen LogP contribution >= 0.6 is 0 Å². The summed E-state index contributed by atoms with van der Waals surface area (Å²) in [6, 6.07) is 14.0. The molecule has 8 heteroatoms. The van der Waals surface area contributed by atoms with Crippen molar-refractivity contribution in [3.8, 4) is 0 Å². The number of rotatable bonds is 5. The van der Waals surface area contributed by atoms with Gasteiger partial charge >= 0.3 is 6.03 Å². The number of carbonyl (C=O) groups excluding carboxylic acids is 3. The second-order valence-corrected chi connectivity index (χ2v) is 8.53. The summed E-state index contributed by atoms with van der Waals surface area (Å²) in [5.41, 5.74) is 3.80. The third kappa shape index (κ3) is 7.88. The summed E-state index contributed by atoms with van der Waals surface area (Å²) in [7, 11) is 0. The topological polar surface area (TPSA) is 99.8 Å². The quantitative estimate of drug-likeness (QED) is 0.631. The summed E-state index contributed by atoms with van der Waals surface area (Å²) in [6.07, 6.45) is 1.21. The highest BCUT2D eigenvalue weighted by molar-refractivity contribution is 5.94. The van der Waals surface area contributed by atoms with E-state index in [1.807, 2.05) is 62.4 Å². The van der Waals surface area contributed by atoms with Gasteiger partial charge in [-0.25, -0.2) is 4.79 Å². The molecule has 3 rings (SSSR count). The highest BCUT2D eigenvalue weighted by Gasteiger charge is 2.27. The molecule has 1 fully saturated rings. The van der Waals surface area contributed by atoms with Crippen molar-refractivity contribution in [2.24, 2.45) is 0 Å². The molecular weight excluding hydrogens is 432 g/mol. The predicted octanol–water partition coefficient (Wildman–Crippen LogP) is 2.79. The van der Waals surface area contributed by atoms with E-state index < -0.39 is 12.1 Å². The monoisotopic (exact) mass is 466 g/mol. The zero-order valence-corrected chi connectivity index (χ0v) is 19.9. The SMILES string of the molecule is Cc1ccc(NC(=O)N[C@@H](Cc2ccccc2)C(=O)N2CCCOCCNC(=O)CC2)cc1C. The van der Waals surface area contributed by atoms with Crippen molar-refractivity contribution in [2.45, 2.75) is 39.2 Å². The van der Waals surface area contributed by atoms with Crippen LogP contribution in [0.2, 0.25) is 0 Å². The van der Waals surface area contributed by atoms with Gasteiger partial charge < -0.3 is 25.6 Å². The Morgan fingerprint density at radius 2 is 1.85 bits per heavy atom. The molecule has 2 aromatic rings. The summed E-state index contributed by atoms with van der Waals surface area (Å²) < 4.78 is 5.51. The van der Waals surface area contributed by atoms with Gasteiger partial charge in [-0.3, -0.25) is 9.59 Å². The van der Waals surface area contributed by atoms with Crippen molar-refractivity contribution >= 4 is 23.5 Å². The van der Waals surface area contributed by atoms with E-state index >= 15 is 0 Å². The fourth-order valence-corrected chi connectivity index (χ4v) is 3.79. The number of nitrogens with zero attached hydrogens (tertiary/aromatic N) is 1. The summed E-state index contributed by atoms with van der Waals surface area (Å²) in [5, 5.41) is 8.49. The van der Waals surface area contributed by atoms with Crippen LogP contribution in [0.5, 0.6) is 0 Å². The number of carbonyl (C=O) groups is 3. The second-order valence-electron chi connectivity index (χ2n) is 8.53. The number of urea groups is 1. The van der Waals surface area contributed by atoms with E-state index in [0.29, 0.717) is 44.8 Å². The molecule has 0 aromatic heterocycles. The zero-order chi connectivity index (χ0) is 24.3. The van der Waals surface area contributed by atoms with Crippen LogP contribution in [0.25, 0.3) is 0 Å². The number of hydrogen-bond acceptors (Lipinski definition) is 4. The standard InChI is InChI=1S/C26H34N4O4/c1-19-9-10-22(17-20(19)2)28-26(33)29-23(18-21-7-4-3-5-8-21)25(32)30-13-6-15-34-16-12-27-24(31)11-14-30/h3-5,7-10,17,23H,6,11-16,18H2,1-2H3,(H,27,31)(H2,28,29,33)/t23-/m0/s1. The van der Waals surface area contributed by atoms with Gasteiger partial charge in [-0.15, -0.1) is 0 Å². The Balaban J connectivity index is 1.74. The highest BCUT2D eigenvalue weighted by atomic mass is 16.5. The third-order valence-electron chi connectivity index (χ3n) is 5.86. The molecule has 1 atom stereocenters. The molecular formula is C26H34N4O4. The molecule has 1 saturated heterocycles. The van der Waals surface area contributed by atoms with E-state index in [-0.39, 0.29) is 24.8 Å². The Morgan fingerprint density at radius 1 is 1.06 bits per heavy atom. The van der Waals surface area contributed by atoms with Crippen molar-refractivity contribution in [2.75, 3.05) is 38.2 Å². The number of aryl methyl sites for hydroxylation is 2. The molecule has 34 heavy (non-hydrogen) atoms. The van der Waals surface area contributed by atoms with E-state index in [0.717, 1.165) is 16.7 Å². The summed E-state index contributed by atoms with van der Waals surface area (Å²) >= 11 is 0. The van der Waals surface area contributed by atoms with Gasteiger partial charge in [0.05, 0.1) is 6.61 Å². The average molecular weight is 467 g/mol. The Morgan fingerprint density at radius 3 is 2.62 bits per heavy atom. The molecule has 0 saturated carbocycles. The van der Waals surface area contributed by atoms with Gasteiger partial charge in [0.15, 0.2) is 0 Å². The molecule has 0 bridgehead atoms. The number of benzene rings is 2. The number of nitrogens with one attached hydrogen (secondary N) is 3. The first-order valence-corrected chi connectivity index (χ1v) is 11.7. The molecule has 4 amide bonds. The first-order valence-electron chi connectivity index (χ1n) is 11.7. The van der Waals surface area contributed by atoms with Crippen LogP contribution in [-0.4, -0.2) is 61.6 Å². The first-order chi connectivity index (χ1) is 16.4. The van der Waals surface area contributed by atoms with Gasteiger partial charge in [0.1, 0.15) is 6.04 Å². The molecule has 3 N–H and O–H groups in total. The number of ether oxygens (including phenoxy) is 1. The Labute approximate surface area is 201 Å². The highest BCUT2D eigenvalue weighted by Crippen LogP contribution is 2.14. The number of hydrogen-bond donors (Lipinski definition) is 3. The van der Waals surface area contributed by atoms with E-state index in [2.05, 4.69) is 16.0 Å². The molecule has 2 aromatic carbocycles. The molecule has 1 aliphatic heterocycles. The van der Waals surface area contributed by atoms with Gasteiger partial charge in [-0.1, -0.05) is 36.4 Å². The summed E-state index contributed by atoms with van der Waals surface area (Å²) in [5.74, 6) is -0.338. The van der Waals surface area contributed by atoms with E-state index in [9.17, 15) is 14.4 Å². The number of amides is 4. The van der Waals surface area contributed by atoms with Crippen LogP contribution < -0.4 is 16.0 Å². The molecule has 0 aliphatic carbocycles. The van der Waals surface area contributed by atoms with E-state index in [1.165, 1.54) is 0 Å². The van der Waals surface area contributed by atoms with Crippen LogP contribution in [0.1, 0.15) is 29.5 Å². The maximum atomic E-state index is 13.6. The lowest BCUT2D eigenvalue weighted by Crippen LogP contribution is -2.51. The maximum absolute atomic E-state index is 13.6. The van der Waals surface area contributed by atoms with Crippen molar-refractivity contribution in [3.63, 3.8) is 0 Å². The average Bonchev–Trinajstić information content (AvgIpc) is 2.87. The summed E-state index contributed by atoms with van der Waals surface area (Å²) in [4.78, 5) is 40.1. The van der Waals surface area contributed by atoms with Gasteiger partial charge in [0, 0.05) is 44.8 Å². The van der Waals surface area contributed by atoms with Crippen molar-refractivity contribution < 1.29 is 19.1 Å². The fraction of sp³-hybridized carbons (Fsp3) is 0.423. The van der Waals surface area contributed by atoms with Crippen LogP contribution in [-0.2, 0) is 20.7 Å². The minimum absolute atomic E-state index is 0.122. The van der Waals surface area contributed by atoms with Crippen molar-refractivity contribution in [1.29, 1.82) is 0 Å². The van der Waals surface area contributed by atoms with Gasteiger partial charge in [-0.05, 0) is 49.1 Å². The maximum Gasteiger partial charge on any atom is 0.319 e. The Kier molecular flexibility index (Phi) is 9.46.